The summed E-state index contributed by atoms with van der Waals surface area (Å²) in [6.07, 6.45) is 7.89. The molecule has 2 bridgehead atoms. The van der Waals surface area contributed by atoms with E-state index in [0.717, 1.165) is 29.9 Å². The van der Waals surface area contributed by atoms with E-state index in [-0.39, 0.29) is 24.5 Å². The second-order valence-electron chi connectivity index (χ2n) is 11.7. The summed E-state index contributed by atoms with van der Waals surface area (Å²) in [5.74, 6) is 1.64. The number of ether oxygens (including phenoxy) is 2. The summed E-state index contributed by atoms with van der Waals surface area (Å²) < 4.78 is 12.5. The normalized spacial score (nSPS) is 26.5. The Labute approximate surface area is 229 Å². The molecule has 3 aliphatic carbocycles. The number of rotatable bonds is 7. The second-order valence-corrected chi connectivity index (χ2v) is 11.7. The van der Waals surface area contributed by atoms with Crippen LogP contribution in [-0.2, 0) is 33.9 Å². The first kappa shape index (κ1) is 24.6. The SMILES string of the molecule is O=C(NC1CC2CCC1C2)C1=C[C@@H](c2cccc3c2Cc2ccccc2-3)C[C@@H](OCc2ccc(CO)cc2)O1. The number of aliphatic hydroxyl groups excluding tert-OH is 1. The van der Waals surface area contributed by atoms with Crippen molar-refractivity contribution in [1.29, 1.82) is 0 Å². The summed E-state index contributed by atoms with van der Waals surface area (Å²) in [6.45, 7) is 0.397. The summed E-state index contributed by atoms with van der Waals surface area (Å²) in [5, 5.41) is 12.7. The highest BCUT2D eigenvalue weighted by atomic mass is 16.7. The van der Waals surface area contributed by atoms with Crippen molar-refractivity contribution >= 4 is 5.91 Å². The molecule has 0 aromatic heterocycles. The van der Waals surface area contributed by atoms with Gasteiger partial charge >= 0.3 is 0 Å². The van der Waals surface area contributed by atoms with E-state index in [0.29, 0.717) is 24.7 Å². The molecule has 0 saturated heterocycles. The van der Waals surface area contributed by atoms with Crippen LogP contribution in [0.15, 0.2) is 78.6 Å². The Hall–Kier alpha value is -3.41. The largest absolute Gasteiger partial charge is 0.459 e. The minimum absolute atomic E-state index is 0.0190. The van der Waals surface area contributed by atoms with E-state index < -0.39 is 6.29 Å². The standard InChI is InChI=1S/C34H35NO4/c36-19-21-8-10-22(11-9-21)20-38-33-18-26(17-32(39-33)34(37)35-31-15-23-12-13-25(31)14-23)28-6-3-7-29-27-5-2-1-4-24(27)16-30(28)29/h1-11,17,23,25-26,31,33,36H,12-16,18-20H2,(H,35,37)/t23?,25?,26-,31?,33+/m1/s1. The fraction of sp³-hybridized carbons (Fsp3) is 0.382. The van der Waals surface area contributed by atoms with Gasteiger partial charge in [0.15, 0.2) is 5.76 Å². The van der Waals surface area contributed by atoms with E-state index in [4.69, 9.17) is 9.47 Å². The van der Waals surface area contributed by atoms with E-state index in [1.807, 2.05) is 30.3 Å². The highest BCUT2D eigenvalue weighted by Gasteiger charge is 2.41. The Bertz CT molecular complexity index is 1410. The monoisotopic (exact) mass is 521 g/mol. The van der Waals surface area contributed by atoms with Gasteiger partial charge in [-0.3, -0.25) is 4.79 Å². The lowest BCUT2D eigenvalue weighted by molar-refractivity contribution is -0.150. The fourth-order valence-electron chi connectivity index (χ4n) is 7.26. The van der Waals surface area contributed by atoms with Gasteiger partial charge < -0.3 is 19.9 Å². The van der Waals surface area contributed by atoms with E-state index in [1.165, 1.54) is 47.1 Å². The van der Waals surface area contributed by atoms with E-state index in [9.17, 15) is 9.90 Å². The molecule has 7 rings (SSSR count). The lowest BCUT2D eigenvalue weighted by Gasteiger charge is -2.31. The smallest absolute Gasteiger partial charge is 0.286 e. The Morgan fingerprint density at radius 1 is 0.923 bits per heavy atom. The number of hydrogen-bond acceptors (Lipinski definition) is 4. The summed E-state index contributed by atoms with van der Waals surface area (Å²) in [5.41, 5.74) is 8.41. The maximum absolute atomic E-state index is 13.5. The van der Waals surface area contributed by atoms with Crippen LogP contribution in [0.2, 0.25) is 0 Å². The van der Waals surface area contributed by atoms with Crippen molar-refractivity contribution in [3.63, 3.8) is 0 Å². The van der Waals surface area contributed by atoms with Crippen LogP contribution in [0.5, 0.6) is 0 Å². The molecule has 3 aromatic carbocycles. The molecular formula is C34H35NO4. The first-order valence-electron chi connectivity index (χ1n) is 14.3. The van der Waals surface area contributed by atoms with Gasteiger partial charge in [-0.1, -0.05) is 73.2 Å². The maximum atomic E-state index is 13.5. The number of carbonyl (C=O) groups is 1. The Morgan fingerprint density at radius 2 is 1.74 bits per heavy atom. The van der Waals surface area contributed by atoms with Gasteiger partial charge in [0.05, 0.1) is 13.2 Å². The molecular weight excluding hydrogens is 486 g/mol. The number of fused-ring (bicyclic) bond motifs is 5. The molecule has 0 spiro atoms. The van der Waals surface area contributed by atoms with Gasteiger partial charge in [0.25, 0.3) is 5.91 Å². The molecule has 1 aliphatic heterocycles. The summed E-state index contributed by atoms with van der Waals surface area (Å²) in [6, 6.07) is 23.1. The number of aliphatic hydroxyl groups is 1. The van der Waals surface area contributed by atoms with E-state index >= 15 is 0 Å². The van der Waals surface area contributed by atoms with Gasteiger partial charge in [0.2, 0.25) is 6.29 Å². The third kappa shape index (κ3) is 4.79. The third-order valence-electron chi connectivity index (χ3n) is 9.26. The fourth-order valence-corrected chi connectivity index (χ4v) is 7.26. The molecule has 2 fully saturated rings. The van der Waals surface area contributed by atoms with Crippen LogP contribution >= 0.6 is 0 Å². The quantitative estimate of drug-likeness (QED) is 0.314. The molecule has 0 radical (unpaired) electrons. The van der Waals surface area contributed by atoms with Gasteiger partial charge in [0.1, 0.15) is 0 Å². The van der Waals surface area contributed by atoms with E-state index in [1.54, 1.807) is 0 Å². The van der Waals surface area contributed by atoms with Gasteiger partial charge in [-0.25, -0.2) is 0 Å². The van der Waals surface area contributed by atoms with Crippen molar-refractivity contribution in [3.8, 4) is 11.1 Å². The number of benzene rings is 3. The topological polar surface area (TPSA) is 67.8 Å². The molecule has 3 unspecified atom stereocenters. The molecule has 1 amide bonds. The van der Waals surface area contributed by atoms with Gasteiger partial charge in [-0.2, -0.15) is 0 Å². The lowest BCUT2D eigenvalue weighted by atomic mass is 9.87. The van der Waals surface area contributed by atoms with Crippen LogP contribution in [0, 0.1) is 11.8 Å². The van der Waals surface area contributed by atoms with Crippen molar-refractivity contribution in [3.05, 3.63) is 106 Å². The average molecular weight is 522 g/mol. The van der Waals surface area contributed by atoms with Crippen LogP contribution in [0.25, 0.3) is 11.1 Å². The molecule has 3 aromatic rings. The lowest BCUT2D eigenvalue weighted by Crippen LogP contribution is -2.41. The van der Waals surface area contributed by atoms with Crippen LogP contribution in [0.3, 0.4) is 0 Å². The summed E-state index contributed by atoms with van der Waals surface area (Å²) >= 11 is 0. The first-order chi connectivity index (χ1) is 19.1. The number of carbonyl (C=O) groups excluding carboxylic acids is 1. The van der Waals surface area contributed by atoms with Crippen molar-refractivity contribution in [1.82, 2.24) is 5.32 Å². The average Bonchev–Trinajstić information content (AvgIpc) is 3.70. The maximum Gasteiger partial charge on any atom is 0.286 e. The zero-order valence-electron chi connectivity index (χ0n) is 22.1. The molecule has 2 saturated carbocycles. The highest BCUT2D eigenvalue weighted by molar-refractivity contribution is 5.92. The molecule has 4 aliphatic rings. The molecule has 5 atom stereocenters. The highest BCUT2D eigenvalue weighted by Crippen LogP contribution is 2.45. The number of amides is 1. The second kappa shape index (κ2) is 10.3. The molecule has 39 heavy (non-hydrogen) atoms. The summed E-state index contributed by atoms with van der Waals surface area (Å²) in [4.78, 5) is 13.5. The zero-order valence-corrected chi connectivity index (χ0v) is 22.1. The minimum atomic E-state index is -0.530. The Kier molecular flexibility index (Phi) is 6.49. The van der Waals surface area contributed by atoms with Crippen LogP contribution in [0.4, 0.5) is 0 Å². The molecule has 5 heteroatoms. The zero-order chi connectivity index (χ0) is 26.3. The number of allylic oxidation sites excluding steroid dienone is 1. The third-order valence-corrected chi connectivity index (χ3v) is 9.26. The first-order valence-corrected chi connectivity index (χ1v) is 14.3. The van der Waals surface area contributed by atoms with Gasteiger partial charge in [-0.05, 0) is 82.5 Å². The minimum Gasteiger partial charge on any atom is -0.459 e. The van der Waals surface area contributed by atoms with Gasteiger partial charge in [-0.15, -0.1) is 0 Å². The number of hydrogen-bond donors (Lipinski definition) is 2. The molecule has 5 nitrogen and oxygen atoms in total. The van der Waals surface area contributed by atoms with Crippen LogP contribution in [0.1, 0.15) is 65.8 Å². The van der Waals surface area contributed by atoms with Crippen molar-refractivity contribution in [2.45, 2.75) is 70.0 Å². The Balaban J connectivity index is 1.15. The van der Waals surface area contributed by atoms with Gasteiger partial charge in [0, 0.05) is 18.4 Å². The Morgan fingerprint density at radius 3 is 2.54 bits per heavy atom. The molecule has 1 heterocycles. The molecule has 2 N–H and O–H groups in total. The summed E-state index contributed by atoms with van der Waals surface area (Å²) in [7, 11) is 0. The van der Waals surface area contributed by atoms with Crippen molar-refractivity contribution < 1.29 is 19.4 Å². The predicted octanol–water partition coefficient (Wildman–Crippen LogP) is 5.99. The van der Waals surface area contributed by atoms with Crippen LogP contribution in [-0.4, -0.2) is 23.3 Å². The molecule has 200 valence electrons. The number of nitrogens with one attached hydrogen (secondary N) is 1. The van der Waals surface area contributed by atoms with Crippen molar-refractivity contribution in [2.75, 3.05) is 0 Å². The van der Waals surface area contributed by atoms with Crippen molar-refractivity contribution in [2.24, 2.45) is 11.8 Å². The predicted molar refractivity (Wildman–Crippen MR) is 150 cm³/mol. The van der Waals surface area contributed by atoms with E-state index in [2.05, 4.69) is 47.8 Å². The van der Waals surface area contributed by atoms with Crippen LogP contribution < -0.4 is 5.32 Å².